The van der Waals surface area contributed by atoms with Gasteiger partial charge in [0.15, 0.2) is 0 Å². The Labute approximate surface area is 244 Å². The molecule has 0 unspecified atom stereocenters. The Balaban J connectivity index is -0.000000122. The van der Waals surface area contributed by atoms with Crippen LogP contribution in [0.25, 0.3) is 0 Å². The fourth-order valence-corrected chi connectivity index (χ4v) is 2.50. The molecule has 0 amide bonds. The maximum atomic E-state index is 10.4. The van der Waals surface area contributed by atoms with Gasteiger partial charge in [-0.2, -0.15) is 0 Å². The van der Waals surface area contributed by atoms with Crippen LogP contribution in [0.4, 0.5) is 0 Å². The number of rotatable bonds is 16. The number of hydrogen-bond acceptors (Lipinski definition) is 10. The summed E-state index contributed by atoms with van der Waals surface area (Å²) < 4.78 is 8.99. The Morgan fingerprint density at radius 3 is 1.03 bits per heavy atom. The molecule has 0 rings (SSSR count). The van der Waals surface area contributed by atoms with Crippen molar-refractivity contribution in [3.8, 4) is 0 Å². The number of carbonyl (C=O) groups excluding carboxylic acids is 4. The van der Waals surface area contributed by atoms with Crippen molar-refractivity contribution >= 4 is 23.5 Å². The van der Waals surface area contributed by atoms with Crippen molar-refractivity contribution in [1.29, 1.82) is 0 Å². The molecule has 0 spiro atoms. The Bertz CT molecular complexity index is 483. The third-order valence-corrected chi connectivity index (χ3v) is 4.45. The van der Waals surface area contributed by atoms with Gasteiger partial charge in [0.05, 0.1) is 13.2 Å². The van der Waals surface area contributed by atoms with Crippen molar-refractivity contribution in [1.82, 2.24) is 9.80 Å². The van der Waals surface area contributed by atoms with Gasteiger partial charge in [0.2, 0.25) is 0 Å². The van der Waals surface area contributed by atoms with Gasteiger partial charge in [0, 0.05) is 52.5 Å². The van der Waals surface area contributed by atoms with Crippen LogP contribution < -0.4 is 0 Å². The van der Waals surface area contributed by atoms with E-state index in [1.165, 1.54) is 13.8 Å². The zero-order valence-electron chi connectivity index (χ0n) is 24.6. The molecule has 0 bridgehead atoms. The van der Waals surface area contributed by atoms with Gasteiger partial charge in [-0.3, -0.25) is 19.2 Å². The van der Waals surface area contributed by atoms with Crippen LogP contribution in [0.3, 0.4) is 0 Å². The third-order valence-electron chi connectivity index (χ3n) is 4.45. The number of ketones is 2. The van der Waals surface area contributed by atoms with E-state index >= 15 is 0 Å². The summed E-state index contributed by atoms with van der Waals surface area (Å²) in [4.78, 5) is 45.9. The summed E-state index contributed by atoms with van der Waals surface area (Å²) in [6.45, 7) is 22.4. The van der Waals surface area contributed by atoms with Gasteiger partial charge >= 0.3 is 11.9 Å². The largest absolute Gasteiger partial charge is 0.466 e. The second kappa shape index (κ2) is 37.2. The first-order valence-electron chi connectivity index (χ1n) is 13.0. The average Bonchev–Trinajstić information content (AvgIpc) is 2.81. The number of nitrogens with zero attached hydrogens (tertiary/aromatic N) is 2. The van der Waals surface area contributed by atoms with Gasteiger partial charge in [0.1, 0.15) is 24.4 Å². The molecule has 0 aromatic carbocycles. The SMILES string of the molecule is CCN(CC)CCCO.CCN(CC)CCCO.CCOC(=O)CC(C)=O.CCOC(=O)CC(C)=O.[Zr]. The monoisotopic (exact) mass is 612 g/mol. The first-order valence-corrected chi connectivity index (χ1v) is 13.0. The minimum atomic E-state index is -0.440. The summed E-state index contributed by atoms with van der Waals surface area (Å²) in [6.07, 6.45) is 1.60. The van der Waals surface area contributed by atoms with E-state index in [0.717, 1.165) is 52.1 Å². The Kier molecular flexibility index (Phi) is 46.1. The summed E-state index contributed by atoms with van der Waals surface area (Å²) in [6, 6.07) is 0. The summed E-state index contributed by atoms with van der Waals surface area (Å²) in [5.74, 6) is -1.20. The maximum absolute atomic E-state index is 10.4. The number of hydrogen-bond donors (Lipinski definition) is 2. The predicted octanol–water partition coefficient (Wildman–Crippen LogP) is 2.48. The normalized spacial score (nSPS) is 9.41. The molecule has 0 aromatic heterocycles. The van der Waals surface area contributed by atoms with Crippen LogP contribution in [0.2, 0.25) is 0 Å². The van der Waals surface area contributed by atoms with Gasteiger partial charge in [-0.25, -0.2) is 0 Å². The molecule has 0 fully saturated rings. The first kappa shape index (κ1) is 45.9. The number of esters is 2. The predicted molar refractivity (Wildman–Crippen MR) is 143 cm³/mol. The number of aliphatic hydroxyl groups is 2. The topological polar surface area (TPSA) is 134 Å². The van der Waals surface area contributed by atoms with Crippen LogP contribution in [0.5, 0.6) is 0 Å². The molecule has 37 heavy (non-hydrogen) atoms. The van der Waals surface area contributed by atoms with Crippen LogP contribution in [-0.2, 0) is 54.9 Å². The molecule has 10 nitrogen and oxygen atoms in total. The first-order chi connectivity index (χ1) is 17.0. The summed E-state index contributed by atoms with van der Waals surface area (Å²) in [7, 11) is 0. The van der Waals surface area contributed by atoms with Crippen molar-refractivity contribution in [3.05, 3.63) is 0 Å². The van der Waals surface area contributed by atoms with E-state index in [1.54, 1.807) is 13.8 Å². The fourth-order valence-electron chi connectivity index (χ4n) is 2.50. The van der Waals surface area contributed by atoms with Crippen molar-refractivity contribution in [3.63, 3.8) is 0 Å². The number of carbonyl (C=O) groups is 4. The van der Waals surface area contributed by atoms with Crippen LogP contribution in [-0.4, -0.2) is 109 Å². The average molecular weight is 614 g/mol. The number of ether oxygens (including phenoxy) is 2. The molecule has 0 aliphatic carbocycles. The molecule has 0 aliphatic heterocycles. The van der Waals surface area contributed by atoms with E-state index in [1.807, 2.05) is 0 Å². The van der Waals surface area contributed by atoms with Crippen molar-refractivity contribution in [2.24, 2.45) is 0 Å². The van der Waals surface area contributed by atoms with Gasteiger partial charge in [0.25, 0.3) is 0 Å². The van der Waals surface area contributed by atoms with Gasteiger partial charge in [-0.1, -0.05) is 27.7 Å². The maximum Gasteiger partial charge on any atom is 0.313 e. The Morgan fingerprint density at radius 1 is 0.595 bits per heavy atom. The standard InChI is InChI=1S/2C7H17NO.2C6H10O3.Zr/c2*1-3-8(4-2)6-5-7-9;2*1-3-9-6(8)4-5(2)7;/h2*9H,3-7H2,1-2H3;2*3-4H2,1-2H3;. The van der Waals surface area contributed by atoms with Crippen LogP contribution in [0, 0.1) is 0 Å². The van der Waals surface area contributed by atoms with Gasteiger partial charge < -0.3 is 29.5 Å². The van der Waals surface area contributed by atoms with Gasteiger partial charge in [-0.15, -0.1) is 0 Å². The van der Waals surface area contributed by atoms with E-state index in [2.05, 4.69) is 47.0 Å². The zero-order chi connectivity index (χ0) is 28.8. The fraction of sp³-hybridized carbons (Fsp3) is 0.846. The molecule has 0 radical (unpaired) electrons. The van der Waals surface area contributed by atoms with E-state index in [0.29, 0.717) is 26.4 Å². The quantitative estimate of drug-likeness (QED) is 0.198. The second-order valence-corrected chi connectivity index (χ2v) is 7.58. The molecule has 0 aromatic rings. The van der Waals surface area contributed by atoms with E-state index in [-0.39, 0.29) is 50.6 Å². The zero-order valence-corrected chi connectivity index (χ0v) is 27.1. The molecule has 0 heterocycles. The molecular formula is C26H54N2O8Zr. The van der Waals surface area contributed by atoms with Crippen LogP contribution in [0.15, 0.2) is 0 Å². The van der Waals surface area contributed by atoms with Crippen LogP contribution in [0.1, 0.15) is 81.1 Å². The van der Waals surface area contributed by atoms with Crippen molar-refractivity contribution in [2.75, 3.05) is 65.7 Å². The smallest absolute Gasteiger partial charge is 0.313 e. The molecule has 220 valence electrons. The molecular weight excluding hydrogens is 560 g/mol. The van der Waals surface area contributed by atoms with E-state index < -0.39 is 11.9 Å². The Hall–Kier alpha value is -0.997. The molecule has 0 saturated carbocycles. The second-order valence-electron chi connectivity index (χ2n) is 7.58. The van der Waals surface area contributed by atoms with E-state index in [4.69, 9.17) is 10.2 Å². The van der Waals surface area contributed by atoms with Crippen molar-refractivity contribution in [2.45, 2.75) is 81.1 Å². The van der Waals surface area contributed by atoms with E-state index in [9.17, 15) is 19.2 Å². The third kappa shape index (κ3) is 45.3. The Morgan fingerprint density at radius 2 is 0.865 bits per heavy atom. The minimum absolute atomic E-state index is 0. The molecule has 0 aliphatic rings. The number of aliphatic hydroxyl groups excluding tert-OH is 2. The molecule has 2 N–H and O–H groups in total. The molecule has 0 atom stereocenters. The molecule has 0 saturated heterocycles. The summed E-state index contributed by atoms with van der Waals surface area (Å²) in [5.41, 5.74) is 0. The number of Topliss-reactive ketones (excluding diaryl/α,β-unsaturated/α-hetero) is 2. The summed E-state index contributed by atoms with van der Waals surface area (Å²) in [5, 5.41) is 17.0. The van der Waals surface area contributed by atoms with Gasteiger partial charge in [-0.05, 0) is 66.7 Å². The minimum Gasteiger partial charge on any atom is -0.466 e. The van der Waals surface area contributed by atoms with Crippen molar-refractivity contribution < 1.29 is 65.1 Å². The molecule has 11 heteroatoms. The van der Waals surface area contributed by atoms with Crippen LogP contribution >= 0.6 is 0 Å². The summed E-state index contributed by atoms with van der Waals surface area (Å²) >= 11 is 0.